The molecule has 13 heteroatoms. The van der Waals surface area contributed by atoms with Gasteiger partial charge in [0.15, 0.2) is 11.6 Å². The monoisotopic (exact) mass is 728 g/mol. The molecule has 0 saturated carbocycles. The van der Waals surface area contributed by atoms with Crippen LogP contribution in [0, 0.1) is 65.2 Å². The van der Waals surface area contributed by atoms with Gasteiger partial charge in [-0.3, -0.25) is 4.79 Å². The van der Waals surface area contributed by atoms with Crippen molar-refractivity contribution in [2.45, 2.75) is 68.2 Å². The van der Waals surface area contributed by atoms with Gasteiger partial charge in [0.05, 0.1) is 12.1 Å². The molecular weight excluding hydrogens is 683 g/mol. The van der Waals surface area contributed by atoms with E-state index in [2.05, 4.69) is 54.9 Å². The lowest BCUT2D eigenvalue weighted by Crippen LogP contribution is -2.56. The topological polar surface area (TPSA) is 129 Å². The molecule has 10 nitrogen and oxygen atoms in total. The van der Waals surface area contributed by atoms with Crippen molar-refractivity contribution in [2.24, 2.45) is 33.5 Å². The molecular formula is C36H47Cl3N8O2. The second-order valence-corrected chi connectivity index (χ2v) is 15.1. The number of ketones is 2. The van der Waals surface area contributed by atoms with Crippen molar-refractivity contribution in [1.29, 1.82) is 5.26 Å². The standard InChI is InChI=1S/C18H22N4O.C13H18N2O.C5H5ClN2.2ClH/c1-12-7-15(21-11-20-12)22-6-5-14-17(2,3)16(23)13(9-19)8-18(14,4)10-22;1-12(2)10-5-6-15-8-13(10,3)7-9(14-4)11(12)16;1-4-2-5(6)8-3-7-4;;/h7-8,11,14H,5-6,10H2,1-4H3;7,10,15H,5-6,8H2,1-3H3;2-3H,1H3;2*1H/t14-,18+;10-,13+;;;/m11.../s1. The largest absolute Gasteiger partial charge is 0.356 e. The van der Waals surface area contributed by atoms with Gasteiger partial charge < -0.3 is 15.0 Å². The maximum Gasteiger partial charge on any atom is 0.226 e. The molecule has 0 bridgehead atoms. The lowest BCUT2D eigenvalue weighted by atomic mass is 9.55. The average Bonchev–Trinajstić information content (AvgIpc) is 3.01. The number of halogens is 3. The summed E-state index contributed by atoms with van der Waals surface area (Å²) in [6.45, 7) is 26.6. The minimum Gasteiger partial charge on any atom is -0.356 e. The van der Waals surface area contributed by atoms with Gasteiger partial charge in [0, 0.05) is 53.3 Å². The molecule has 0 unspecified atom stereocenters. The summed E-state index contributed by atoms with van der Waals surface area (Å²) in [5.41, 5.74) is 1.31. The van der Waals surface area contributed by atoms with Crippen LogP contribution in [-0.4, -0.2) is 57.7 Å². The molecule has 2 aliphatic heterocycles. The third-order valence-corrected chi connectivity index (χ3v) is 10.6. The van der Waals surface area contributed by atoms with E-state index in [0.29, 0.717) is 22.3 Å². The summed E-state index contributed by atoms with van der Waals surface area (Å²) < 4.78 is 0. The van der Waals surface area contributed by atoms with Crippen molar-refractivity contribution >= 4 is 53.8 Å². The Morgan fingerprint density at radius 1 is 0.898 bits per heavy atom. The molecule has 49 heavy (non-hydrogen) atoms. The van der Waals surface area contributed by atoms with E-state index >= 15 is 0 Å². The van der Waals surface area contributed by atoms with Crippen LogP contribution in [0.2, 0.25) is 5.15 Å². The molecule has 6 rings (SSSR count). The minimum atomic E-state index is -0.498. The summed E-state index contributed by atoms with van der Waals surface area (Å²) in [4.78, 5) is 46.4. The first-order valence-corrected chi connectivity index (χ1v) is 16.4. The average molecular weight is 730 g/mol. The third kappa shape index (κ3) is 8.67. The summed E-state index contributed by atoms with van der Waals surface area (Å²) in [5.74, 6) is 1.50. The Hall–Kier alpha value is -3.41. The molecule has 0 spiro atoms. The highest BCUT2D eigenvalue weighted by Gasteiger charge is 2.54. The van der Waals surface area contributed by atoms with E-state index in [4.69, 9.17) is 18.2 Å². The summed E-state index contributed by atoms with van der Waals surface area (Å²) in [5, 5.41) is 13.2. The molecule has 2 saturated heterocycles. The van der Waals surface area contributed by atoms with Crippen LogP contribution < -0.4 is 10.2 Å². The number of nitrogens with one attached hydrogen (secondary N) is 1. The molecule has 4 atom stereocenters. The zero-order valence-electron chi connectivity index (χ0n) is 29.5. The number of allylic oxidation sites excluding steroid dienone is 2. The van der Waals surface area contributed by atoms with Crippen LogP contribution in [0.25, 0.3) is 4.85 Å². The first-order valence-electron chi connectivity index (χ1n) is 16.0. The van der Waals surface area contributed by atoms with Gasteiger partial charge in [-0.15, -0.1) is 24.8 Å². The van der Waals surface area contributed by atoms with Gasteiger partial charge in [0.1, 0.15) is 29.7 Å². The fourth-order valence-electron chi connectivity index (χ4n) is 8.10. The van der Waals surface area contributed by atoms with E-state index in [1.807, 2.05) is 59.8 Å². The van der Waals surface area contributed by atoms with E-state index in [9.17, 15) is 14.9 Å². The number of carbonyl (C=O) groups excluding carboxylic acids is 2. The van der Waals surface area contributed by atoms with Crippen LogP contribution in [0.4, 0.5) is 5.82 Å². The van der Waals surface area contributed by atoms with E-state index < -0.39 is 10.8 Å². The van der Waals surface area contributed by atoms with Gasteiger partial charge in [-0.1, -0.05) is 65.3 Å². The molecule has 0 radical (unpaired) electrons. The van der Waals surface area contributed by atoms with Crippen LogP contribution in [0.1, 0.15) is 65.8 Å². The number of carbonyl (C=O) groups is 2. The molecule has 1 N–H and O–H groups in total. The number of piperidine rings is 2. The van der Waals surface area contributed by atoms with E-state index in [0.717, 1.165) is 56.2 Å². The number of aryl methyl sites for hydroxylation is 2. The SMILES string of the molecule is Cc1cc(Cl)ncn1.Cc1cc(N2CC[C@@H]3C(C)(C)C(=O)C(C#N)=C[C@@]3(C)C2)ncn1.Cl.Cl.[C-]#[N+]C1=C[C@@]2(C)CNCC[C@@H]2C(C)(C)C1=O. The molecule has 2 aliphatic carbocycles. The predicted molar refractivity (Wildman–Crippen MR) is 197 cm³/mol. The van der Waals surface area contributed by atoms with Gasteiger partial charge in [-0.05, 0) is 56.6 Å². The Labute approximate surface area is 307 Å². The molecule has 264 valence electrons. The number of aromatic nitrogens is 4. The number of fused-ring (bicyclic) bond motifs is 2. The minimum absolute atomic E-state index is 0. The Balaban J connectivity index is 0.000000279. The Bertz CT molecular complexity index is 1680. The third-order valence-electron chi connectivity index (χ3n) is 10.4. The molecule has 2 fully saturated rings. The van der Waals surface area contributed by atoms with Gasteiger partial charge >= 0.3 is 0 Å². The summed E-state index contributed by atoms with van der Waals surface area (Å²) >= 11 is 5.49. The fourth-order valence-corrected chi connectivity index (χ4v) is 8.31. The summed E-state index contributed by atoms with van der Waals surface area (Å²) in [6, 6.07) is 5.79. The van der Waals surface area contributed by atoms with Gasteiger partial charge in [0.2, 0.25) is 5.70 Å². The number of nitrogens with zero attached hydrogens (tertiary/aromatic N) is 7. The van der Waals surface area contributed by atoms with Crippen molar-refractivity contribution in [3.63, 3.8) is 0 Å². The second kappa shape index (κ2) is 16.1. The van der Waals surface area contributed by atoms with Crippen LogP contribution in [0.5, 0.6) is 0 Å². The predicted octanol–water partition coefficient (Wildman–Crippen LogP) is 6.97. The number of rotatable bonds is 1. The highest BCUT2D eigenvalue weighted by atomic mass is 35.5. The normalized spacial score (nSPS) is 27.5. The van der Waals surface area contributed by atoms with E-state index in [1.165, 1.54) is 6.33 Å². The van der Waals surface area contributed by atoms with Crippen molar-refractivity contribution in [3.05, 3.63) is 76.2 Å². The Morgan fingerprint density at radius 3 is 2.04 bits per heavy atom. The van der Waals surface area contributed by atoms with Crippen molar-refractivity contribution in [2.75, 3.05) is 31.1 Å². The van der Waals surface area contributed by atoms with Crippen molar-refractivity contribution in [1.82, 2.24) is 25.3 Å². The number of Topliss-reactive ketones (excluding diaryl/α,β-unsaturated/α-hetero) is 2. The number of nitriles is 1. The van der Waals surface area contributed by atoms with Crippen LogP contribution in [-0.2, 0) is 9.59 Å². The quantitative estimate of drug-likeness (QED) is 0.244. The van der Waals surface area contributed by atoms with Gasteiger partial charge in [-0.2, -0.15) is 5.26 Å². The molecule has 4 heterocycles. The van der Waals surface area contributed by atoms with E-state index in [1.54, 1.807) is 12.4 Å². The lowest BCUT2D eigenvalue weighted by Gasteiger charge is -2.53. The zero-order valence-corrected chi connectivity index (χ0v) is 31.9. The van der Waals surface area contributed by atoms with Crippen molar-refractivity contribution < 1.29 is 9.59 Å². The fraction of sp³-hybridized carbons (Fsp3) is 0.556. The molecule has 2 aromatic heterocycles. The van der Waals surface area contributed by atoms with Crippen LogP contribution >= 0.6 is 36.4 Å². The lowest BCUT2D eigenvalue weighted by molar-refractivity contribution is -0.130. The second-order valence-electron chi connectivity index (χ2n) is 14.7. The molecule has 0 aromatic carbocycles. The Morgan fingerprint density at radius 2 is 1.49 bits per heavy atom. The maximum atomic E-state index is 12.5. The van der Waals surface area contributed by atoms with Crippen LogP contribution in [0.3, 0.4) is 0 Å². The van der Waals surface area contributed by atoms with Crippen LogP contribution in [0.15, 0.2) is 48.2 Å². The zero-order chi connectivity index (χ0) is 34.8. The number of anilines is 1. The van der Waals surface area contributed by atoms with Gasteiger partial charge in [0.25, 0.3) is 0 Å². The van der Waals surface area contributed by atoms with Gasteiger partial charge in [-0.25, -0.2) is 24.8 Å². The van der Waals surface area contributed by atoms with E-state index in [-0.39, 0.29) is 53.1 Å². The number of hydrogen-bond acceptors (Lipinski definition) is 9. The first kappa shape index (κ1) is 41.8. The molecule has 2 aromatic rings. The van der Waals surface area contributed by atoms with Crippen molar-refractivity contribution in [3.8, 4) is 6.07 Å². The highest BCUT2D eigenvalue weighted by Crippen LogP contribution is 2.53. The number of hydrogen-bond donors (Lipinski definition) is 1. The summed E-state index contributed by atoms with van der Waals surface area (Å²) in [6.07, 6.45) is 8.74. The smallest absolute Gasteiger partial charge is 0.226 e. The Kier molecular flexibility index (Phi) is 13.7. The molecule has 0 amide bonds. The maximum absolute atomic E-state index is 12.5. The first-order chi connectivity index (χ1) is 22.0. The highest BCUT2D eigenvalue weighted by molar-refractivity contribution is 6.29. The molecule has 4 aliphatic rings. The summed E-state index contributed by atoms with van der Waals surface area (Å²) in [7, 11) is 0.